The third kappa shape index (κ3) is 10.7. The molecule has 0 aromatic heterocycles. The standard InChI is InChI=1S/C15H18O.2C5H5.2Fe/c1-15(2,3)16-14(12-8-4-5-9-12)13-10-6-7-11-13;2*1-2-4-5-3-1;;/h4-11,14H,1-3H3;2*1-5H;;/q-2;-5;-1;;. The minimum Gasteiger partial charge on any atom is -0.748 e. The molecule has 0 spiro atoms. The van der Waals surface area contributed by atoms with Gasteiger partial charge in [0.15, 0.2) is 0 Å². The Morgan fingerprint density at radius 3 is 1.25 bits per heavy atom. The molecular formula is C25H28Fe2O-8. The van der Waals surface area contributed by atoms with E-state index >= 15 is 0 Å². The first-order valence-electron chi connectivity index (χ1n) is 9.01. The normalized spacial score (nSPS) is 9.86. The van der Waals surface area contributed by atoms with Gasteiger partial charge in [-0.05, 0) is 20.8 Å². The van der Waals surface area contributed by atoms with Gasteiger partial charge in [0.1, 0.15) is 0 Å². The van der Waals surface area contributed by atoms with Crippen LogP contribution in [0.25, 0.3) is 0 Å². The fraction of sp³-hybridized carbons (Fsp3) is 0.200. The molecule has 0 heterocycles. The van der Waals surface area contributed by atoms with Crippen molar-refractivity contribution in [2.45, 2.75) is 32.5 Å². The Morgan fingerprint density at radius 1 is 0.643 bits per heavy atom. The Labute approximate surface area is 191 Å². The van der Waals surface area contributed by atoms with Crippen LogP contribution in [-0.2, 0) is 38.9 Å². The van der Waals surface area contributed by atoms with E-state index in [0.29, 0.717) is 0 Å². The molecule has 0 aliphatic carbocycles. The zero-order valence-corrected chi connectivity index (χ0v) is 18.8. The van der Waals surface area contributed by atoms with Crippen molar-refractivity contribution in [3.05, 3.63) is 120 Å². The second kappa shape index (κ2) is 14.4. The van der Waals surface area contributed by atoms with Gasteiger partial charge in [-0.15, -0.1) is 11.1 Å². The first-order valence-corrected chi connectivity index (χ1v) is 9.01. The molecule has 3 heteroatoms. The number of hydrogen-bond acceptors (Lipinski definition) is 1. The van der Waals surface area contributed by atoms with Crippen LogP contribution in [0, 0.1) is 0 Å². The summed E-state index contributed by atoms with van der Waals surface area (Å²) in [5, 5.41) is 0. The van der Waals surface area contributed by atoms with E-state index in [1.807, 2.05) is 60.7 Å². The number of hydrogen-bond donors (Lipinski definition) is 0. The summed E-state index contributed by atoms with van der Waals surface area (Å²) in [6.45, 7) is 6.27. The molecular weight excluding hydrogens is 428 g/mol. The van der Waals surface area contributed by atoms with E-state index in [-0.39, 0.29) is 45.8 Å². The maximum Gasteiger partial charge on any atom is 0.0583 e. The number of ether oxygens (including phenoxy) is 1. The molecule has 0 radical (unpaired) electrons. The van der Waals surface area contributed by atoms with Gasteiger partial charge in [-0.3, -0.25) is 0 Å². The predicted octanol–water partition coefficient (Wildman–Crippen LogP) is 6.83. The van der Waals surface area contributed by atoms with Crippen LogP contribution in [0.1, 0.15) is 38.0 Å². The summed E-state index contributed by atoms with van der Waals surface area (Å²) < 4.78 is 6.13. The van der Waals surface area contributed by atoms with Gasteiger partial charge in [-0.2, -0.15) is 42.5 Å². The predicted molar refractivity (Wildman–Crippen MR) is 111 cm³/mol. The van der Waals surface area contributed by atoms with Crippen LogP contribution < -0.4 is 0 Å². The summed E-state index contributed by atoms with van der Waals surface area (Å²) in [6, 6.07) is 36.7. The third-order valence-electron chi connectivity index (χ3n) is 3.56. The maximum absolute atomic E-state index is 6.13. The molecule has 0 aliphatic heterocycles. The zero-order valence-electron chi connectivity index (χ0n) is 16.6. The van der Waals surface area contributed by atoms with Crippen LogP contribution in [-0.4, -0.2) is 5.60 Å². The second-order valence-corrected chi connectivity index (χ2v) is 6.97. The monoisotopic (exact) mass is 456 g/mol. The SMILES string of the molecule is CC(C)(C)OC([c-]1cccc1)[c-]1cccc1.[Fe].[Fe].[cH-]1[cH-][cH-][cH-][cH-]1.c1cc[cH-]c1. The maximum atomic E-state index is 6.13. The smallest absolute Gasteiger partial charge is 0.0583 e. The minimum absolute atomic E-state index is 0. The molecule has 0 unspecified atom stereocenters. The minimum atomic E-state index is -0.140. The third-order valence-corrected chi connectivity index (χ3v) is 3.56. The zero-order chi connectivity index (χ0) is 18.7. The number of rotatable bonds is 3. The summed E-state index contributed by atoms with van der Waals surface area (Å²) in [5.41, 5.74) is 2.31. The van der Waals surface area contributed by atoms with Crippen molar-refractivity contribution < 1.29 is 38.9 Å². The molecule has 0 aliphatic rings. The van der Waals surface area contributed by atoms with Crippen LogP contribution in [0.15, 0.2) is 109 Å². The molecule has 0 fully saturated rings. The van der Waals surface area contributed by atoms with Crippen molar-refractivity contribution in [1.29, 1.82) is 0 Å². The Morgan fingerprint density at radius 2 is 1.00 bits per heavy atom. The van der Waals surface area contributed by atoms with Crippen molar-refractivity contribution in [1.82, 2.24) is 0 Å². The van der Waals surface area contributed by atoms with Gasteiger partial charge in [0.25, 0.3) is 0 Å². The van der Waals surface area contributed by atoms with Crippen molar-refractivity contribution in [2.75, 3.05) is 0 Å². The average molecular weight is 456 g/mol. The summed E-state index contributed by atoms with van der Waals surface area (Å²) in [6.07, 6.45) is 0.0463. The van der Waals surface area contributed by atoms with Crippen LogP contribution in [0.4, 0.5) is 0 Å². The van der Waals surface area contributed by atoms with Gasteiger partial charge in [0, 0.05) is 40.2 Å². The van der Waals surface area contributed by atoms with Gasteiger partial charge < -0.3 is 35.1 Å². The van der Waals surface area contributed by atoms with Crippen LogP contribution in [0.3, 0.4) is 0 Å². The Bertz CT molecular complexity index is 648. The quantitative estimate of drug-likeness (QED) is 0.243. The first-order chi connectivity index (χ1) is 12.6. The molecule has 0 saturated heterocycles. The van der Waals surface area contributed by atoms with Crippen LogP contribution in [0.5, 0.6) is 0 Å². The largest absolute Gasteiger partial charge is 0.748 e. The van der Waals surface area contributed by atoms with Gasteiger partial charge in [0.05, 0.1) is 5.60 Å². The molecule has 0 atom stereocenters. The fourth-order valence-corrected chi connectivity index (χ4v) is 2.45. The van der Waals surface area contributed by atoms with E-state index < -0.39 is 0 Å². The van der Waals surface area contributed by atoms with E-state index in [1.165, 1.54) is 11.1 Å². The van der Waals surface area contributed by atoms with E-state index in [4.69, 9.17) is 4.74 Å². The second-order valence-electron chi connectivity index (χ2n) is 6.97. The van der Waals surface area contributed by atoms with Crippen molar-refractivity contribution in [2.24, 2.45) is 0 Å². The Kier molecular flexibility index (Phi) is 13.6. The average Bonchev–Trinajstić information content (AvgIpc) is 3.45. The van der Waals surface area contributed by atoms with E-state index in [1.54, 1.807) is 0 Å². The summed E-state index contributed by atoms with van der Waals surface area (Å²) >= 11 is 0. The van der Waals surface area contributed by atoms with Crippen molar-refractivity contribution in [3.63, 3.8) is 0 Å². The molecule has 4 aromatic carbocycles. The molecule has 0 saturated carbocycles. The van der Waals surface area contributed by atoms with Gasteiger partial charge >= 0.3 is 0 Å². The molecule has 28 heavy (non-hydrogen) atoms. The summed E-state index contributed by atoms with van der Waals surface area (Å²) in [7, 11) is 0. The molecule has 0 amide bonds. The molecule has 0 N–H and O–H groups in total. The first kappa shape index (κ1) is 26.4. The van der Waals surface area contributed by atoms with Gasteiger partial charge in [-0.1, -0.05) is 0 Å². The molecule has 4 aromatic rings. The summed E-state index contributed by atoms with van der Waals surface area (Å²) in [4.78, 5) is 0. The molecule has 158 valence electrons. The van der Waals surface area contributed by atoms with Gasteiger partial charge in [-0.25, -0.2) is 36.4 Å². The van der Waals surface area contributed by atoms with E-state index in [0.717, 1.165) is 0 Å². The van der Waals surface area contributed by atoms with Crippen molar-refractivity contribution >= 4 is 0 Å². The van der Waals surface area contributed by atoms with E-state index in [2.05, 4.69) is 69.3 Å². The van der Waals surface area contributed by atoms with Crippen LogP contribution in [0.2, 0.25) is 0 Å². The Hall–Kier alpha value is -1.60. The van der Waals surface area contributed by atoms with Gasteiger partial charge in [0.2, 0.25) is 0 Å². The van der Waals surface area contributed by atoms with Crippen LogP contribution >= 0.6 is 0 Å². The Balaban J connectivity index is 0.000000500. The topological polar surface area (TPSA) is 9.23 Å². The molecule has 1 nitrogen and oxygen atoms in total. The van der Waals surface area contributed by atoms with Crippen molar-refractivity contribution in [3.8, 4) is 0 Å². The summed E-state index contributed by atoms with van der Waals surface area (Å²) in [5.74, 6) is 0. The molecule has 0 bridgehead atoms. The molecule has 4 rings (SSSR count). The fourth-order valence-electron chi connectivity index (χ4n) is 2.45. The van der Waals surface area contributed by atoms with E-state index in [9.17, 15) is 0 Å².